The van der Waals surface area contributed by atoms with E-state index in [-0.39, 0.29) is 91.6 Å². The molecule has 4 aliphatic rings. The van der Waals surface area contributed by atoms with Gasteiger partial charge in [-0.2, -0.15) is 0 Å². The standard InChI is InChI=1S/C45H71N3O11/c1-6-7-8-9-18-45(4,55)36-13-10-30-29-26-34(49)32-25-28(16-19-43(32,2)31(29)17-20-44(30,36)3)59-39(52)15-14-37(50)47-21-22-57-23-24-58-27-38(51)48-33-11-12-35(56-5)40(41(33)53)42(46)54/h11-12,28-32,34,36,49,53,55H,6-10,13-27H2,1-5H3,(H2,46,54)(H,47,50)(H,48,51). The summed E-state index contributed by atoms with van der Waals surface area (Å²) in [4.78, 5) is 49.2. The molecule has 1 aromatic rings. The third-order valence-corrected chi connectivity index (χ3v) is 14.8. The summed E-state index contributed by atoms with van der Waals surface area (Å²) in [6.45, 7) is 9.47. The number of phenols is 1. The number of carbonyl (C=O) groups excluding carboxylic acids is 4. The highest BCUT2D eigenvalue weighted by Crippen LogP contribution is 2.69. The SMILES string of the molecule is CCCCCCC(C)(O)C1CCC2C3CC(O)C4CC(OC(=O)CCC(=O)NCCOCCOCC(=O)Nc5ccc(OC)c(C(N)=O)c5O)CCC4(C)C3CCC21C. The van der Waals surface area contributed by atoms with Crippen LogP contribution >= 0.6 is 0 Å². The number of aromatic hydroxyl groups is 1. The van der Waals surface area contributed by atoms with Crippen LogP contribution in [-0.2, 0) is 28.6 Å². The Bertz CT molecular complexity index is 1620. The number of aliphatic hydroxyl groups is 2. The van der Waals surface area contributed by atoms with Gasteiger partial charge in [0, 0.05) is 13.0 Å². The van der Waals surface area contributed by atoms with Crippen LogP contribution in [0.2, 0.25) is 0 Å². The molecule has 0 saturated heterocycles. The van der Waals surface area contributed by atoms with Crippen molar-refractivity contribution in [1.82, 2.24) is 5.32 Å². The van der Waals surface area contributed by atoms with E-state index in [1.165, 1.54) is 38.5 Å². The Morgan fingerprint density at radius 2 is 1.63 bits per heavy atom. The highest BCUT2D eigenvalue weighted by molar-refractivity contribution is 6.02. The lowest BCUT2D eigenvalue weighted by molar-refractivity contribution is -0.187. The van der Waals surface area contributed by atoms with Crippen molar-refractivity contribution in [3.05, 3.63) is 17.7 Å². The number of hydrogen-bond donors (Lipinski definition) is 6. The number of esters is 1. The molecule has 332 valence electrons. The molecule has 4 saturated carbocycles. The van der Waals surface area contributed by atoms with Gasteiger partial charge < -0.3 is 50.6 Å². The van der Waals surface area contributed by atoms with Crippen molar-refractivity contribution >= 4 is 29.4 Å². The van der Waals surface area contributed by atoms with Crippen LogP contribution in [0, 0.1) is 40.4 Å². The first kappa shape index (κ1) is 46.6. The van der Waals surface area contributed by atoms with Crippen molar-refractivity contribution in [2.24, 2.45) is 46.2 Å². The molecule has 7 N–H and O–H groups in total. The molecular formula is C45H71N3O11. The number of ether oxygens (including phenoxy) is 4. The van der Waals surface area contributed by atoms with Crippen molar-refractivity contribution in [3.8, 4) is 11.5 Å². The van der Waals surface area contributed by atoms with Crippen molar-refractivity contribution in [2.75, 3.05) is 45.4 Å². The van der Waals surface area contributed by atoms with E-state index in [0.29, 0.717) is 30.1 Å². The second-order valence-electron chi connectivity index (χ2n) is 18.5. The molecule has 3 amide bonds. The largest absolute Gasteiger partial charge is 0.505 e. The van der Waals surface area contributed by atoms with Crippen molar-refractivity contribution in [2.45, 2.75) is 142 Å². The molecule has 0 aromatic heterocycles. The van der Waals surface area contributed by atoms with Gasteiger partial charge in [0.15, 0.2) is 5.75 Å². The average Bonchev–Trinajstić information content (AvgIpc) is 3.56. The van der Waals surface area contributed by atoms with Gasteiger partial charge in [-0.05, 0) is 117 Å². The van der Waals surface area contributed by atoms with Gasteiger partial charge in [-0.15, -0.1) is 0 Å². The summed E-state index contributed by atoms with van der Waals surface area (Å²) in [5, 5.41) is 39.0. The van der Waals surface area contributed by atoms with Gasteiger partial charge in [0.1, 0.15) is 24.0 Å². The highest BCUT2D eigenvalue weighted by atomic mass is 16.5. The minimum atomic E-state index is -0.908. The summed E-state index contributed by atoms with van der Waals surface area (Å²) in [5.74, 6) is -0.757. The van der Waals surface area contributed by atoms with E-state index in [2.05, 4.69) is 38.3 Å². The molecule has 14 nitrogen and oxygen atoms in total. The molecule has 4 fully saturated rings. The van der Waals surface area contributed by atoms with Crippen LogP contribution in [0.5, 0.6) is 11.5 Å². The first-order valence-electron chi connectivity index (χ1n) is 22.1. The van der Waals surface area contributed by atoms with Crippen LogP contribution in [-0.4, -0.2) is 96.9 Å². The quantitative estimate of drug-likeness (QED) is 0.0507. The van der Waals surface area contributed by atoms with Gasteiger partial charge in [0.05, 0.1) is 50.7 Å². The van der Waals surface area contributed by atoms with Gasteiger partial charge in [0.25, 0.3) is 5.91 Å². The fraction of sp³-hybridized carbons (Fsp3) is 0.778. The van der Waals surface area contributed by atoms with E-state index in [9.17, 15) is 34.5 Å². The number of rotatable bonds is 21. The van der Waals surface area contributed by atoms with Gasteiger partial charge >= 0.3 is 5.97 Å². The van der Waals surface area contributed by atoms with Gasteiger partial charge in [-0.1, -0.05) is 46.5 Å². The van der Waals surface area contributed by atoms with Crippen molar-refractivity contribution < 1.29 is 53.4 Å². The Morgan fingerprint density at radius 3 is 2.36 bits per heavy atom. The van der Waals surface area contributed by atoms with Gasteiger partial charge in [-0.25, -0.2) is 0 Å². The van der Waals surface area contributed by atoms with E-state index in [1.807, 2.05) is 0 Å². The number of methoxy groups -OCH3 is 1. The molecule has 4 aliphatic carbocycles. The molecule has 14 heteroatoms. The molecule has 0 spiro atoms. The molecular weight excluding hydrogens is 759 g/mol. The number of unbranched alkanes of at least 4 members (excludes halogenated alkanes) is 3. The minimum Gasteiger partial charge on any atom is -0.505 e. The predicted octanol–water partition coefficient (Wildman–Crippen LogP) is 5.63. The zero-order valence-corrected chi connectivity index (χ0v) is 36.0. The monoisotopic (exact) mass is 830 g/mol. The molecule has 5 rings (SSSR count). The van der Waals surface area contributed by atoms with E-state index < -0.39 is 35.2 Å². The van der Waals surface area contributed by atoms with Crippen LogP contribution in [0.25, 0.3) is 0 Å². The second kappa shape index (κ2) is 20.4. The molecule has 59 heavy (non-hydrogen) atoms. The van der Waals surface area contributed by atoms with Crippen LogP contribution in [0.1, 0.15) is 134 Å². The number of benzene rings is 1. The Morgan fingerprint density at radius 1 is 0.898 bits per heavy atom. The Labute approximate surface area is 350 Å². The lowest BCUT2D eigenvalue weighted by Crippen LogP contribution is -2.59. The van der Waals surface area contributed by atoms with Crippen LogP contribution in [0.3, 0.4) is 0 Å². The maximum atomic E-state index is 12.9. The summed E-state index contributed by atoms with van der Waals surface area (Å²) in [7, 11) is 1.32. The third-order valence-electron chi connectivity index (χ3n) is 14.8. The van der Waals surface area contributed by atoms with Crippen molar-refractivity contribution in [1.29, 1.82) is 0 Å². The summed E-state index contributed by atoms with van der Waals surface area (Å²) in [6.07, 6.45) is 12.3. The molecule has 1 aromatic carbocycles. The molecule has 10 atom stereocenters. The van der Waals surface area contributed by atoms with Crippen molar-refractivity contribution in [3.63, 3.8) is 0 Å². The molecule has 0 heterocycles. The lowest BCUT2D eigenvalue weighted by Gasteiger charge is -2.62. The predicted molar refractivity (Wildman–Crippen MR) is 222 cm³/mol. The number of primary amides is 1. The van der Waals surface area contributed by atoms with E-state index in [1.54, 1.807) is 0 Å². The Hall–Kier alpha value is -3.46. The molecule has 10 unspecified atom stereocenters. The second-order valence-corrected chi connectivity index (χ2v) is 18.5. The Balaban J connectivity index is 0.961. The number of aliphatic hydroxyl groups excluding tert-OH is 1. The van der Waals surface area contributed by atoms with E-state index in [0.717, 1.165) is 57.8 Å². The van der Waals surface area contributed by atoms with E-state index >= 15 is 0 Å². The first-order valence-corrected chi connectivity index (χ1v) is 22.1. The number of nitrogens with two attached hydrogens (primary N) is 1. The zero-order valence-electron chi connectivity index (χ0n) is 36.0. The number of amides is 3. The van der Waals surface area contributed by atoms with Crippen LogP contribution < -0.4 is 21.1 Å². The summed E-state index contributed by atoms with van der Waals surface area (Å²) < 4.78 is 21.7. The molecule has 0 bridgehead atoms. The maximum Gasteiger partial charge on any atom is 0.306 e. The minimum absolute atomic E-state index is 0.00520. The molecule has 0 aliphatic heterocycles. The summed E-state index contributed by atoms with van der Waals surface area (Å²) in [5.41, 5.74) is 4.46. The van der Waals surface area contributed by atoms with E-state index in [4.69, 9.17) is 24.7 Å². The topological polar surface area (TPSA) is 216 Å². The average molecular weight is 830 g/mol. The zero-order chi connectivity index (χ0) is 43.0. The smallest absolute Gasteiger partial charge is 0.306 e. The Kier molecular flexibility index (Phi) is 16.1. The fourth-order valence-electron chi connectivity index (χ4n) is 11.9. The van der Waals surface area contributed by atoms with Gasteiger partial charge in [-0.3, -0.25) is 19.2 Å². The summed E-state index contributed by atoms with van der Waals surface area (Å²) >= 11 is 0. The number of hydrogen-bond acceptors (Lipinski definition) is 11. The third kappa shape index (κ3) is 10.9. The first-order chi connectivity index (χ1) is 28.0. The van der Waals surface area contributed by atoms with Gasteiger partial charge in [0.2, 0.25) is 11.8 Å². The number of carbonyl (C=O) groups is 4. The van der Waals surface area contributed by atoms with Crippen LogP contribution in [0.4, 0.5) is 5.69 Å². The summed E-state index contributed by atoms with van der Waals surface area (Å²) in [6, 6.07) is 2.77. The number of nitrogens with one attached hydrogen (secondary N) is 2. The maximum absolute atomic E-state index is 12.9. The van der Waals surface area contributed by atoms with Crippen LogP contribution in [0.15, 0.2) is 12.1 Å². The highest BCUT2D eigenvalue weighted by Gasteiger charge is 2.64. The fourth-order valence-corrected chi connectivity index (χ4v) is 11.9. The number of fused-ring (bicyclic) bond motifs is 5. The number of anilines is 1. The lowest BCUT2D eigenvalue weighted by atomic mass is 9.43. The normalized spacial score (nSPS) is 30.9. The molecule has 0 radical (unpaired) electrons.